The highest BCUT2D eigenvalue weighted by atomic mass is 35.7. The highest BCUT2D eigenvalue weighted by molar-refractivity contribution is 8.21. The molecule has 56 valence electrons. The third kappa shape index (κ3) is 1.31. The Kier molecular flexibility index (Phi) is 1.93. The molecule has 2 heterocycles. The molecule has 0 aliphatic rings. The van der Waals surface area contributed by atoms with Gasteiger partial charge in [0.15, 0.2) is 5.65 Å². The quantitative estimate of drug-likeness (QED) is 0.713. The fourth-order valence-electron chi connectivity index (χ4n) is 0.710. The van der Waals surface area contributed by atoms with Crippen LogP contribution in [0.15, 0.2) is 17.2 Å². The first-order valence-electron chi connectivity index (χ1n) is 2.77. The summed E-state index contributed by atoms with van der Waals surface area (Å²) in [5.74, 6) is 0. The van der Waals surface area contributed by atoms with Crippen molar-refractivity contribution in [1.29, 1.82) is 0 Å². The van der Waals surface area contributed by atoms with Gasteiger partial charge < -0.3 is 0 Å². The molecule has 0 aliphatic carbocycles. The molecule has 0 radical (unpaired) electrons. The Balaban J connectivity index is 2.67. The van der Waals surface area contributed by atoms with Gasteiger partial charge in [-0.1, -0.05) is 0 Å². The zero-order valence-electron chi connectivity index (χ0n) is 5.19. The topological polar surface area (TPSA) is 38.7 Å². The van der Waals surface area contributed by atoms with Gasteiger partial charge in [-0.2, -0.15) is 8.75 Å². The van der Waals surface area contributed by atoms with Crippen LogP contribution in [0.5, 0.6) is 0 Å². The molecule has 0 N–H and O–H groups in total. The summed E-state index contributed by atoms with van der Waals surface area (Å²) in [6, 6.07) is 1.86. The summed E-state index contributed by atoms with van der Waals surface area (Å²) in [7, 11) is 6.66. The minimum Gasteiger partial charge on any atom is -0.233 e. The van der Waals surface area contributed by atoms with Crippen molar-refractivity contribution in [2.45, 2.75) is 4.90 Å². The summed E-state index contributed by atoms with van der Waals surface area (Å²) in [5, 5.41) is 0. The van der Waals surface area contributed by atoms with Gasteiger partial charge in [0.2, 0.25) is 0 Å². The molecule has 0 unspecified atom stereocenters. The molecule has 11 heavy (non-hydrogen) atoms. The predicted molar refractivity (Wildman–Crippen MR) is 46.9 cm³/mol. The van der Waals surface area contributed by atoms with Crippen LogP contribution in [0.4, 0.5) is 0 Å². The maximum Gasteiger partial charge on any atom is 0.193 e. The number of halogens is 1. The van der Waals surface area contributed by atoms with Crippen LogP contribution in [0.1, 0.15) is 0 Å². The van der Waals surface area contributed by atoms with E-state index in [-0.39, 0.29) is 0 Å². The maximum absolute atomic E-state index is 5.53. The molecule has 0 saturated carbocycles. The standard InChI is InChI=1S/C5H2ClN3S2/c6-10-3-1-4-5(7-2-3)9-11-8-4/h1-2H. The smallest absolute Gasteiger partial charge is 0.193 e. The van der Waals surface area contributed by atoms with Crippen molar-refractivity contribution >= 4 is 44.5 Å². The summed E-state index contributed by atoms with van der Waals surface area (Å²) >= 11 is 1.16. The second kappa shape index (κ2) is 2.92. The molecular formula is C5H2ClN3S2. The zero-order valence-corrected chi connectivity index (χ0v) is 7.58. The predicted octanol–water partition coefficient (Wildman–Crippen LogP) is 2.33. The van der Waals surface area contributed by atoms with Gasteiger partial charge in [-0.25, -0.2) is 4.98 Å². The van der Waals surface area contributed by atoms with Crippen LogP contribution < -0.4 is 0 Å². The van der Waals surface area contributed by atoms with Crippen molar-refractivity contribution in [3.05, 3.63) is 12.3 Å². The number of hydrogen-bond donors (Lipinski definition) is 0. The van der Waals surface area contributed by atoms with E-state index < -0.39 is 0 Å². The largest absolute Gasteiger partial charge is 0.233 e. The van der Waals surface area contributed by atoms with Crippen molar-refractivity contribution in [2.24, 2.45) is 0 Å². The number of fused-ring (bicyclic) bond motifs is 1. The van der Waals surface area contributed by atoms with Gasteiger partial charge in [0, 0.05) is 11.1 Å². The number of aromatic nitrogens is 3. The molecule has 0 bridgehead atoms. The van der Waals surface area contributed by atoms with Crippen molar-refractivity contribution in [3.8, 4) is 0 Å². The van der Waals surface area contributed by atoms with E-state index in [1.807, 2.05) is 6.07 Å². The van der Waals surface area contributed by atoms with E-state index in [4.69, 9.17) is 10.7 Å². The normalized spacial score (nSPS) is 10.6. The van der Waals surface area contributed by atoms with Crippen LogP contribution in [-0.4, -0.2) is 13.7 Å². The Hall–Kier alpha value is -0.390. The van der Waals surface area contributed by atoms with Crippen LogP contribution in [0.3, 0.4) is 0 Å². The third-order valence-electron chi connectivity index (χ3n) is 1.18. The lowest BCUT2D eigenvalue weighted by Gasteiger charge is -1.89. The van der Waals surface area contributed by atoms with Crippen LogP contribution in [0.2, 0.25) is 0 Å². The SMILES string of the molecule is ClSc1cnc2nsnc2c1. The third-order valence-corrected chi connectivity index (χ3v) is 2.65. The van der Waals surface area contributed by atoms with E-state index in [9.17, 15) is 0 Å². The summed E-state index contributed by atoms with van der Waals surface area (Å²) in [5.41, 5.74) is 1.49. The fraction of sp³-hybridized carbons (Fsp3) is 0. The van der Waals surface area contributed by atoms with Crippen molar-refractivity contribution in [1.82, 2.24) is 13.7 Å². The molecule has 2 aromatic heterocycles. The molecule has 0 aliphatic heterocycles. The Labute approximate surface area is 75.6 Å². The van der Waals surface area contributed by atoms with Crippen LogP contribution in [0.25, 0.3) is 11.2 Å². The van der Waals surface area contributed by atoms with Gasteiger partial charge in [0.05, 0.1) is 11.7 Å². The van der Waals surface area contributed by atoms with Gasteiger partial charge >= 0.3 is 0 Å². The van der Waals surface area contributed by atoms with Crippen molar-refractivity contribution in [3.63, 3.8) is 0 Å². The first-order chi connectivity index (χ1) is 5.40. The Morgan fingerprint density at radius 3 is 3.18 bits per heavy atom. The van der Waals surface area contributed by atoms with Crippen molar-refractivity contribution in [2.75, 3.05) is 0 Å². The van der Waals surface area contributed by atoms with Crippen LogP contribution >= 0.6 is 33.4 Å². The van der Waals surface area contributed by atoms with Gasteiger partial charge in [0.25, 0.3) is 0 Å². The van der Waals surface area contributed by atoms with Crippen LogP contribution in [-0.2, 0) is 0 Å². The molecule has 2 rings (SSSR count). The van der Waals surface area contributed by atoms with E-state index in [2.05, 4.69) is 13.7 Å². The number of nitrogens with zero attached hydrogens (tertiary/aromatic N) is 3. The van der Waals surface area contributed by atoms with E-state index >= 15 is 0 Å². The minimum absolute atomic E-state index is 0.685. The molecule has 0 amide bonds. The van der Waals surface area contributed by atoms with Gasteiger partial charge in [-0.15, -0.1) is 0 Å². The van der Waals surface area contributed by atoms with E-state index in [1.165, 1.54) is 0 Å². The summed E-state index contributed by atoms with van der Waals surface area (Å²) in [6.45, 7) is 0. The highest BCUT2D eigenvalue weighted by Crippen LogP contribution is 2.23. The van der Waals surface area contributed by atoms with E-state index in [0.717, 1.165) is 33.1 Å². The number of hydrogen-bond acceptors (Lipinski definition) is 5. The average Bonchev–Trinajstić information content (AvgIpc) is 2.50. The Morgan fingerprint density at radius 2 is 2.36 bits per heavy atom. The first kappa shape index (κ1) is 7.27. The minimum atomic E-state index is 0.685. The van der Waals surface area contributed by atoms with E-state index in [1.54, 1.807) is 6.20 Å². The molecule has 2 aromatic rings. The van der Waals surface area contributed by atoms with Gasteiger partial charge in [-0.05, 0) is 27.7 Å². The molecule has 6 heteroatoms. The van der Waals surface area contributed by atoms with Gasteiger partial charge in [0.1, 0.15) is 5.52 Å². The first-order valence-corrected chi connectivity index (χ1v) is 5.14. The molecular weight excluding hydrogens is 202 g/mol. The second-order valence-corrected chi connectivity index (χ2v) is 3.47. The molecule has 0 saturated heterocycles. The zero-order chi connectivity index (χ0) is 7.68. The van der Waals surface area contributed by atoms with Crippen molar-refractivity contribution < 1.29 is 0 Å². The molecule has 3 nitrogen and oxygen atoms in total. The molecule has 0 fully saturated rings. The lowest BCUT2D eigenvalue weighted by Crippen LogP contribution is -1.76. The van der Waals surface area contributed by atoms with Gasteiger partial charge in [-0.3, -0.25) is 0 Å². The Morgan fingerprint density at radius 1 is 1.45 bits per heavy atom. The summed E-state index contributed by atoms with van der Waals surface area (Å²) < 4.78 is 7.98. The molecule has 0 spiro atoms. The monoisotopic (exact) mass is 203 g/mol. The van der Waals surface area contributed by atoms with E-state index in [0.29, 0.717) is 5.65 Å². The number of pyridine rings is 1. The number of rotatable bonds is 1. The second-order valence-electron chi connectivity index (χ2n) is 1.86. The Bertz CT molecular complexity index is 375. The highest BCUT2D eigenvalue weighted by Gasteiger charge is 2.00. The lowest BCUT2D eigenvalue weighted by molar-refractivity contribution is 1.28. The fourth-order valence-corrected chi connectivity index (χ4v) is 1.69. The summed E-state index contributed by atoms with van der Waals surface area (Å²) in [4.78, 5) is 4.94. The lowest BCUT2D eigenvalue weighted by atomic mass is 10.4. The molecule has 0 atom stereocenters. The molecule has 0 aromatic carbocycles. The van der Waals surface area contributed by atoms with Crippen LogP contribution in [0, 0.1) is 0 Å². The average molecular weight is 204 g/mol. The summed E-state index contributed by atoms with van der Waals surface area (Å²) in [6.07, 6.45) is 1.68. The maximum atomic E-state index is 5.53.